The van der Waals surface area contributed by atoms with Gasteiger partial charge in [-0.05, 0) is 30.4 Å². The number of aliphatic hydroxyl groups is 1. The molecule has 0 amide bonds. The summed E-state index contributed by atoms with van der Waals surface area (Å²) in [6.07, 6.45) is 6.06. The largest absolute Gasteiger partial charge is 0.389 e. The van der Waals surface area contributed by atoms with E-state index in [9.17, 15) is 5.11 Å². The molecule has 0 bridgehead atoms. The number of rotatable bonds is 7. The number of hydrogen-bond donors (Lipinski definition) is 2. The summed E-state index contributed by atoms with van der Waals surface area (Å²) in [7, 11) is 0. The fraction of sp³-hybridized carbons (Fsp3) is 0.647. The van der Waals surface area contributed by atoms with Gasteiger partial charge in [0.15, 0.2) is 0 Å². The molecule has 0 heterocycles. The van der Waals surface area contributed by atoms with Crippen LogP contribution >= 0.6 is 0 Å². The third kappa shape index (κ3) is 3.40. The van der Waals surface area contributed by atoms with E-state index >= 15 is 0 Å². The van der Waals surface area contributed by atoms with Crippen LogP contribution in [0.1, 0.15) is 42.7 Å². The van der Waals surface area contributed by atoms with Crippen LogP contribution in [0.15, 0.2) is 24.3 Å². The minimum Gasteiger partial charge on any atom is -0.389 e. The van der Waals surface area contributed by atoms with Gasteiger partial charge in [-0.25, -0.2) is 0 Å². The first-order valence-corrected chi connectivity index (χ1v) is 7.91. The van der Waals surface area contributed by atoms with Gasteiger partial charge in [-0.3, -0.25) is 0 Å². The van der Waals surface area contributed by atoms with Crippen molar-refractivity contribution >= 4 is 0 Å². The summed E-state index contributed by atoms with van der Waals surface area (Å²) in [4.78, 5) is 0. The van der Waals surface area contributed by atoms with Crippen molar-refractivity contribution in [3.63, 3.8) is 0 Å². The lowest BCUT2D eigenvalue weighted by atomic mass is 9.77. The maximum Gasteiger partial charge on any atom is 0.0897 e. The molecule has 0 saturated heterocycles. The molecule has 1 saturated carbocycles. The van der Waals surface area contributed by atoms with E-state index in [0.717, 1.165) is 13.0 Å². The summed E-state index contributed by atoms with van der Waals surface area (Å²) in [6, 6.07) is 8.63. The summed E-state index contributed by atoms with van der Waals surface area (Å²) < 4.78 is 5.73. The van der Waals surface area contributed by atoms with E-state index in [1.54, 1.807) is 0 Å². The summed E-state index contributed by atoms with van der Waals surface area (Å²) in [5.41, 5.74) is 2.95. The summed E-state index contributed by atoms with van der Waals surface area (Å²) in [5, 5.41) is 13.3. The molecule has 2 atom stereocenters. The average molecular weight is 275 g/mol. The Balaban J connectivity index is 1.30. The molecule has 20 heavy (non-hydrogen) atoms. The summed E-state index contributed by atoms with van der Waals surface area (Å²) in [5.74, 6) is 0.620. The van der Waals surface area contributed by atoms with Crippen LogP contribution in [0.2, 0.25) is 0 Å². The van der Waals surface area contributed by atoms with E-state index in [4.69, 9.17) is 4.74 Å². The fourth-order valence-corrected chi connectivity index (χ4v) is 3.33. The molecule has 3 heteroatoms. The predicted octanol–water partition coefficient (Wildman–Crippen LogP) is 2.24. The zero-order chi connectivity index (χ0) is 13.8. The van der Waals surface area contributed by atoms with Gasteiger partial charge in [-0.15, -0.1) is 0 Å². The monoisotopic (exact) mass is 275 g/mol. The molecule has 110 valence electrons. The van der Waals surface area contributed by atoms with Gasteiger partial charge in [-0.2, -0.15) is 0 Å². The second kappa shape index (κ2) is 6.70. The molecular weight excluding hydrogens is 250 g/mol. The lowest BCUT2D eigenvalue weighted by Gasteiger charge is -2.30. The van der Waals surface area contributed by atoms with Gasteiger partial charge in [0.1, 0.15) is 0 Å². The second-order valence-electron chi connectivity index (χ2n) is 6.15. The SMILES string of the molecule is OC(CNCC1Cc2ccccc21)COC1CCCC1. The third-order valence-corrected chi connectivity index (χ3v) is 4.56. The maximum absolute atomic E-state index is 9.92. The molecule has 1 aromatic rings. The first-order valence-electron chi connectivity index (χ1n) is 7.91. The van der Waals surface area contributed by atoms with E-state index < -0.39 is 0 Å². The van der Waals surface area contributed by atoms with Gasteiger partial charge in [-0.1, -0.05) is 37.1 Å². The minimum atomic E-state index is -0.383. The maximum atomic E-state index is 9.92. The number of benzene rings is 1. The average Bonchev–Trinajstić information content (AvgIpc) is 2.95. The van der Waals surface area contributed by atoms with Gasteiger partial charge < -0.3 is 15.2 Å². The number of ether oxygens (including phenoxy) is 1. The quantitative estimate of drug-likeness (QED) is 0.802. The summed E-state index contributed by atoms with van der Waals surface area (Å²) >= 11 is 0. The van der Waals surface area contributed by atoms with E-state index in [2.05, 4.69) is 29.6 Å². The normalized spacial score (nSPS) is 23.4. The molecular formula is C17H25NO2. The Bertz CT molecular complexity index is 429. The zero-order valence-corrected chi connectivity index (χ0v) is 12.1. The number of aliphatic hydroxyl groups excluding tert-OH is 1. The molecule has 0 aromatic heterocycles. The van der Waals surface area contributed by atoms with Crippen LogP contribution in [-0.2, 0) is 11.2 Å². The van der Waals surface area contributed by atoms with Crippen LogP contribution in [0.4, 0.5) is 0 Å². The Hall–Kier alpha value is -0.900. The number of nitrogens with one attached hydrogen (secondary N) is 1. The lowest BCUT2D eigenvalue weighted by molar-refractivity contribution is -0.00548. The molecule has 2 aliphatic carbocycles. The van der Waals surface area contributed by atoms with Crippen LogP contribution < -0.4 is 5.32 Å². The van der Waals surface area contributed by atoms with E-state index in [1.807, 2.05) is 0 Å². The van der Waals surface area contributed by atoms with Crippen molar-refractivity contribution < 1.29 is 9.84 Å². The standard InChI is InChI=1S/C17H25NO2/c19-15(12-20-16-6-2-3-7-16)11-18-10-14-9-13-5-1-4-8-17(13)14/h1,4-5,8,14-16,18-19H,2-3,6-7,9-12H2. The molecule has 2 unspecified atom stereocenters. The van der Waals surface area contributed by atoms with E-state index in [1.165, 1.54) is 36.8 Å². The highest BCUT2D eigenvalue weighted by molar-refractivity contribution is 5.40. The van der Waals surface area contributed by atoms with Crippen molar-refractivity contribution in [3.8, 4) is 0 Å². The molecule has 0 spiro atoms. The Labute approximate surface area is 121 Å². The molecule has 2 N–H and O–H groups in total. The van der Waals surface area contributed by atoms with Gasteiger partial charge in [0.2, 0.25) is 0 Å². The van der Waals surface area contributed by atoms with Crippen molar-refractivity contribution in [1.29, 1.82) is 0 Å². The topological polar surface area (TPSA) is 41.5 Å². The second-order valence-corrected chi connectivity index (χ2v) is 6.15. The highest BCUT2D eigenvalue weighted by Crippen LogP contribution is 2.33. The Morgan fingerprint density at radius 2 is 2.05 bits per heavy atom. The Morgan fingerprint density at radius 1 is 1.25 bits per heavy atom. The zero-order valence-electron chi connectivity index (χ0n) is 12.1. The summed E-state index contributed by atoms with van der Waals surface area (Å²) in [6.45, 7) is 2.06. The molecule has 2 aliphatic rings. The first-order chi connectivity index (χ1) is 9.83. The van der Waals surface area contributed by atoms with Crippen LogP contribution in [-0.4, -0.2) is 37.0 Å². The highest BCUT2D eigenvalue weighted by atomic mass is 16.5. The van der Waals surface area contributed by atoms with Crippen molar-refractivity contribution in [1.82, 2.24) is 5.32 Å². The molecule has 3 rings (SSSR count). The van der Waals surface area contributed by atoms with Crippen LogP contribution in [0.25, 0.3) is 0 Å². The predicted molar refractivity (Wildman–Crippen MR) is 80.0 cm³/mol. The number of fused-ring (bicyclic) bond motifs is 1. The van der Waals surface area contributed by atoms with Crippen LogP contribution in [0.5, 0.6) is 0 Å². The van der Waals surface area contributed by atoms with Gasteiger partial charge in [0.25, 0.3) is 0 Å². The van der Waals surface area contributed by atoms with E-state index in [0.29, 0.717) is 25.2 Å². The first kappa shape index (κ1) is 14.1. The van der Waals surface area contributed by atoms with Crippen molar-refractivity contribution in [3.05, 3.63) is 35.4 Å². The number of hydrogen-bond acceptors (Lipinski definition) is 3. The van der Waals surface area contributed by atoms with Crippen molar-refractivity contribution in [2.75, 3.05) is 19.7 Å². The Kier molecular flexibility index (Phi) is 4.71. The highest BCUT2D eigenvalue weighted by Gasteiger charge is 2.25. The molecule has 0 aliphatic heterocycles. The van der Waals surface area contributed by atoms with Gasteiger partial charge in [0, 0.05) is 19.0 Å². The van der Waals surface area contributed by atoms with Crippen molar-refractivity contribution in [2.45, 2.75) is 50.2 Å². The van der Waals surface area contributed by atoms with Crippen LogP contribution in [0, 0.1) is 0 Å². The Morgan fingerprint density at radius 3 is 2.85 bits per heavy atom. The lowest BCUT2D eigenvalue weighted by Crippen LogP contribution is -2.36. The van der Waals surface area contributed by atoms with Crippen LogP contribution in [0.3, 0.4) is 0 Å². The fourth-order valence-electron chi connectivity index (χ4n) is 3.33. The van der Waals surface area contributed by atoms with Gasteiger partial charge >= 0.3 is 0 Å². The van der Waals surface area contributed by atoms with E-state index in [-0.39, 0.29) is 6.10 Å². The molecule has 1 fully saturated rings. The third-order valence-electron chi connectivity index (χ3n) is 4.56. The molecule has 1 aromatic carbocycles. The molecule has 0 radical (unpaired) electrons. The smallest absolute Gasteiger partial charge is 0.0897 e. The van der Waals surface area contributed by atoms with Gasteiger partial charge in [0.05, 0.1) is 18.8 Å². The molecule has 3 nitrogen and oxygen atoms in total. The van der Waals surface area contributed by atoms with Crippen molar-refractivity contribution in [2.24, 2.45) is 0 Å². The minimum absolute atomic E-state index is 0.383.